The lowest BCUT2D eigenvalue weighted by atomic mass is 9.98. The van der Waals surface area contributed by atoms with E-state index in [0.29, 0.717) is 47.2 Å². The van der Waals surface area contributed by atoms with Crippen LogP contribution in [0.25, 0.3) is 0 Å². The van der Waals surface area contributed by atoms with Crippen LogP contribution in [-0.2, 0) is 20.6 Å². The fourth-order valence-corrected chi connectivity index (χ4v) is 5.19. The van der Waals surface area contributed by atoms with Crippen molar-refractivity contribution in [1.82, 2.24) is 4.31 Å². The van der Waals surface area contributed by atoms with Gasteiger partial charge in [0.25, 0.3) is 0 Å². The summed E-state index contributed by atoms with van der Waals surface area (Å²) in [6, 6.07) is 11.8. The summed E-state index contributed by atoms with van der Waals surface area (Å²) in [6.07, 6.45) is 1.26. The topological polar surface area (TPSA) is 84.9 Å². The highest BCUT2D eigenvalue weighted by Gasteiger charge is 2.32. The highest BCUT2D eigenvalue weighted by molar-refractivity contribution is 7.88. The highest BCUT2D eigenvalue weighted by Crippen LogP contribution is 2.30. The quantitative estimate of drug-likeness (QED) is 0.694. The molecule has 1 amide bonds. The Bertz CT molecular complexity index is 995. The molecule has 1 aliphatic heterocycles. The van der Waals surface area contributed by atoms with Crippen molar-refractivity contribution in [2.24, 2.45) is 5.92 Å². The van der Waals surface area contributed by atoms with E-state index in [1.165, 1.54) is 18.5 Å². The number of anilines is 1. The SMILES string of the molecule is COc1ccc(NC(=O)[C@H]2CCCN(S(=O)(=O)Cc3ccc(Cl)cc3)C2)cc1OC. The van der Waals surface area contributed by atoms with Crippen molar-refractivity contribution < 1.29 is 22.7 Å². The summed E-state index contributed by atoms with van der Waals surface area (Å²) in [4.78, 5) is 12.8. The summed E-state index contributed by atoms with van der Waals surface area (Å²) in [5, 5.41) is 3.41. The van der Waals surface area contributed by atoms with Gasteiger partial charge in [0.15, 0.2) is 11.5 Å². The van der Waals surface area contributed by atoms with Crippen LogP contribution in [0.15, 0.2) is 42.5 Å². The van der Waals surface area contributed by atoms with Crippen molar-refractivity contribution in [2.75, 3.05) is 32.6 Å². The maximum atomic E-state index is 12.9. The molecule has 2 aromatic carbocycles. The molecule has 30 heavy (non-hydrogen) atoms. The number of hydrogen-bond acceptors (Lipinski definition) is 5. The molecule has 0 aliphatic carbocycles. The fourth-order valence-electron chi connectivity index (χ4n) is 3.45. The lowest BCUT2D eigenvalue weighted by Gasteiger charge is -2.31. The standard InChI is InChI=1S/C21H25ClN2O5S/c1-28-19-10-9-18(12-20(19)29-2)23-21(25)16-4-3-11-24(13-16)30(26,27)14-15-5-7-17(22)8-6-15/h5-10,12,16H,3-4,11,13-14H2,1-2H3,(H,23,25)/t16-/m0/s1. The number of carbonyl (C=O) groups excluding carboxylic acids is 1. The second kappa shape index (κ2) is 9.68. The second-order valence-corrected chi connectivity index (χ2v) is 9.54. The van der Waals surface area contributed by atoms with Gasteiger partial charge in [-0.1, -0.05) is 23.7 Å². The first-order chi connectivity index (χ1) is 14.3. The summed E-state index contributed by atoms with van der Waals surface area (Å²) < 4.78 is 37.6. The molecule has 0 unspecified atom stereocenters. The molecule has 0 radical (unpaired) electrons. The van der Waals surface area contributed by atoms with E-state index in [0.717, 1.165) is 0 Å². The Morgan fingerprint density at radius 3 is 2.50 bits per heavy atom. The minimum Gasteiger partial charge on any atom is -0.493 e. The van der Waals surface area contributed by atoms with Crippen molar-refractivity contribution in [3.05, 3.63) is 53.1 Å². The van der Waals surface area contributed by atoms with E-state index in [4.69, 9.17) is 21.1 Å². The Kier molecular flexibility index (Phi) is 7.23. The lowest BCUT2D eigenvalue weighted by molar-refractivity contribution is -0.120. The van der Waals surface area contributed by atoms with Gasteiger partial charge in [-0.15, -0.1) is 0 Å². The van der Waals surface area contributed by atoms with Gasteiger partial charge in [-0.25, -0.2) is 12.7 Å². The van der Waals surface area contributed by atoms with Gasteiger partial charge in [-0.05, 0) is 42.7 Å². The molecule has 162 valence electrons. The maximum Gasteiger partial charge on any atom is 0.228 e. The summed E-state index contributed by atoms with van der Waals surface area (Å²) >= 11 is 5.87. The van der Waals surface area contributed by atoms with Gasteiger partial charge in [-0.2, -0.15) is 0 Å². The third kappa shape index (κ3) is 5.44. The number of halogens is 1. The molecule has 1 N–H and O–H groups in total. The van der Waals surface area contributed by atoms with Gasteiger partial charge in [0.2, 0.25) is 15.9 Å². The zero-order chi connectivity index (χ0) is 21.7. The molecule has 0 bridgehead atoms. The van der Waals surface area contributed by atoms with Gasteiger partial charge in [0.1, 0.15) is 0 Å². The van der Waals surface area contributed by atoms with Crippen molar-refractivity contribution in [3.63, 3.8) is 0 Å². The molecule has 2 aromatic rings. The summed E-state index contributed by atoms with van der Waals surface area (Å²) in [5.74, 6) is 0.313. The van der Waals surface area contributed by atoms with Crippen molar-refractivity contribution in [2.45, 2.75) is 18.6 Å². The number of carbonyl (C=O) groups is 1. The first-order valence-electron chi connectivity index (χ1n) is 9.57. The lowest BCUT2D eigenvalue weighted by Crippen LogP contribution is -2.44. The van der Waals surface area contributed by atoms with E-state index in [9.17, 15) is 13.2 Å². The van der Waals surface area contributed by atoms with E-state index >= 15 is 0 Å². The Morgan fingerprint density at radius 1 is 1.13 bits per heavy atom. The zero-order valence-electron chi connectivity index (χ0n) is 16.9. The van der Waals surface area contributed by atoms with E-state index in [2.05, 4.69) is 5.32 Å². The molecule has 0 spiro atoms. The molecular formula is C21H25ClN2O5S. The Labute approximate surface area is 182 Å². The van der Waals surface area contributed by atoms with Crippen LogP contribution in [-0.4, -0.2) is 45.9 Å². The number of ether oxygens (including phenoxy) is 2. The molecule has 0 saturated carbocycles. The Hall–Kier alpha value is -2.29. The Morgan fingerprint density at radius 2 is 1.83 bits per heavy atom. The minimum absolute atomic E-state index is 0.117. The predicted molar refractivity (Wildman–Crippen MR) is 117 cm³/mol. The van der Waals surface area contributed by atoms with Crippen LogP contribution in [0, 0.1) is 5.92 Å². The molecule has 1 fully saturated rings. The van der Waals surface area contributed by atoms with Crippen molar-refractivity contribution >= 4 is 33.2 Å². The van der Waals surface area contributed by atoms with Crippen LogP contribution in [0.5, 0.6) is 11.5 Å². The van der Waals surface area contributed by atoms with Crippen LogP contribution in [0.1, 0.15) is 18.4 Å². The van der Waals surface area contributed by atoms with Crippen LogP contribution < -0.4 is 14.8 Å². The Balaban J connectivity index is 1.66. The average Bonchev–Trinajstić information content (AvgIpc) is 2.75. The third-order valence-corrected chi connectivity index (χ3v) is 7.13. The van der Waals surface area contributed by atoms with Crippen molar-refractivity contribution in [3.8, 4) is 11.5 Å². The average molecular weight is 453 g/mol. The van der Waals surface area contributed by atoms with E-state index in [-0.39, 0.29) is 18.2 Å². The summed E-state index contributed by atoms with van der Waals surface area (Å²) in [7, 11) is -0.474. The normalized spacial score (nSPS) is 17.4. The van der Waals surface area contributed by atoms with Crippen LogP contribution in [0.2, 0.25) is 5.02 Å². The van der Waals surface area contributed by atoms with Gasteiger partial charge in [0, 0.05) is 29.9 Å². The van der Waals surface area contributed by atoms with Gasteiger partial charge in [-0.3, -0.25) is 4.79 Å². The number of amides is 1. The number of hydrogen-bond donors (Lipinski definition) is 1. The van der Waals surface area contributed by atoms with Crippen LogP contribution in [0.3, 0.4) is 0 Å². The predicted octanol–water partition coefficient (Wildman–Crippen LogP) is 3.54. The van der Waals surface area contributed by atoms with Gasteiger partial charge < -0.3 is 14.8 Å². The highest BCUT2D eigenvalue weighted by atomic mass is 35.5. The largest absolute Gasteiger partial charge is 0.493 e. The summed E-state index contributed by atoms with van der Waals surface area (Å²) in [5.41, 5.74) is 1.23. The molecule has 1 aliphatic rings. The zero-order valence-corrected chi connectivity index (χ0v) is 18.5. The number of rotatable bonds is 7. The first-order valence-corrected chi connectivity index (χ1v) is 11.6. The van der Waals surface area contributed by atoms with Crippen molar-refractivity contribution in [1.29, 1.82) is 0 Å². The van der Waals surface area contributed by atoms with Crippen LogP contribution >= 0.6 is 11.6 Å². The number of nitrogens with one attached hydrogen (secondary N) is 1. The third-order valence-electron chi connectivity index (χ3n) is 5.06. The molecule has 1 atom stereocenters. The number of sulfonamides is 1. The van der Waals surface area contributed by atoms with Crippen LogP contribution in [0.4, 0.5) is 5.69 Å². The molecule has 1 heterocycles. The molecule has 0 aromatic heterocycles. The van der Waals surface area contributed by atoms with E-state index in [1.807, 2.05) is 0 Å². The summed E-state index contributed by atoms with van der Waals surface area (Å²) in [6.45, 7) is 0.575. The smallest absolute Gasteiger partial charge is 0.228 e. The van der Waals surface area contributed by atoms with Gasteiger partial charge >= 0.3 is 0 Å². The molecule has 1 saturated heterocycles. The number of methoxy groups -OCH3 is 2. The molecule has 7 nitrogen and oxygen atoms in total. The minimum atomic E-state index is -3.53. The number of piperidine rings is 1. The van der Waals surface area contributed by atoms with Gasteiger partial charge in [0.05, 0.1) is 25.9 Å². The number of benzene rings is 2. The maximum absolute atomic E-state index is 12.9. The van der Waals surface area contributed by atoms with E-state index in [1.54, 1.807) is 42.5 Å². The first kappa shape index (κ1) is 22.4. The second-order valence-electron chi connectivity index (χ2n) is 7.14. The fraction of sp³-hybridized carbons (Fsp3) is 0.381. The molecular weight excluding hydrogens is 428 g/mol. The molecule has 9 heteroatoms. The molecule has 3 rings (SSSR count). The van der Waals surface area contributed by atoms with E-state index < -0.39 is 15.9 Å². The number of nitrogens with zero attached hydrogens (tertiary/aromatic N) is 1. The monoisotopic (exact) mass is 452 g/mol.